The number of piperazine rings is 1. The summed E-state index contributed by atoms with van der Waals surface area (Å²) in [5.74, 6) is 0. The fourth-order valence-electron chi connectivity index (χ4n) is 0.797. The first-order valence-electron chi connectivity index (χ1n) is 3.00. The summed E-state index contributed by atoms with van der Waals surface area (Å²) < 4.78 is 0. The van der Waals surface area contributed by atoms with E-state index in [0.717, 1.165) is 13.1 Å². The zero-order valence-electron chi connectivity index (χ0n) is 5.13. The summed E-state index contributed by atoms with van der Waals surface area (Å²) in [5, 5.41) is 9.78. The van der Waals surface area contributed by atoms with Crippen molar-refractivity contribution < 1.29 is 4.79 Å². The van der Waals surface area contributed by atoms with Gasteiger partial charge in [0, 0.05) is 19.6 Å². The molecule has 4 nitrogen and oxygen atoms in total. The first-order valence-corrected chi connectivity index (χ1v) is 3.00. The van der Waals surface area contributed by atoms with Crippen LogP contribution in [0.1, 0.15) is 0 Å². The van der Waals surface area contributed by atoms with Crippen LogP contribution in [0.15, 0.2) is 0 Å². The fraction of sp³-hybridized carbons (Fsp3) is 0.800. The molecule has 1 aliphatic rings. The molecule has 1 saturated heterocycles. The van der Waals surface area contributed by atoms with Crippen LogP contribution in [-0.4, -0.2) is 32.2 Å². The standard InChI is InChI=1S/C5H10N3O/c9-4-8-5-3-6-1-2-7-5/h4-5,7H,1-3H2,(H,8,9). The van der Waals surface area contributed by atoms with Crippen molar-refractivity contribution in [3.05, 3.63) is 0 Å². The Morgan fingerprint density at radius 2 is 2.67 bits per heavy atom. The Kier molecular flexibility index (Phi) is 2.48. The molecular weight excluding hydrogens is 118 g/mol. The van der Waals surface area contributed by atoms with E-state index in [1.807, 2.05) is 0 Å². The van der Waals surface area contributed by atoms with Crippen molar-refractivity contribution in [1.29, 1.82) is 0 Å². The SMILES string of the molecule is O=CNC1C[N]CCN1. The molecular formula is C5H10N3O. The molecule has 0 saturated carbocycles. The highest BCUT2D eigenvalue weighted by Gasteiger charge is 2.09. The molecule has 1 heterocycles. The van der Waals surface area contributed by atoms with E-state index in [-0.39, 0.29) is 6.17 Å². The Morgan fingerprint density at radius 3 is 3.22 bits per heavy atom. The molecule has 1 radical (unpaired) electrons. The number of amides is 1. The van der Waals surface area contributed by atoms with E-state index in [1.165, 1.54) is 0 Å². The molecule has 9 heavy (non-hydrogen) atoms. The topological polar surface area (TPSA) is 55.2 Å². The molecule has 0 aliphatic carbocycles. The lowest BCUT2D eigenvalue weighted by atomic mass is 10.4. The summed E-state index contributed by atoms with van der Waals surface area (Å²) in [5.41, 5.74) is 0. The summed E-state index contributed by atoms with van der Waals surface area (Å²) in [4.78, 5) is 9.88. The quantitative estimate of drug-likeness (QED) is 0.434. The van der Waals surface area contributed by atoms with Crippen molar-refractivity contribution in [3.8, 4) is 0 Å². The van der Waals surface area contributed by atoms with Gasteiger partial charge < -0.3 is 5.32 Å². The molecule has 0 spiro atoms. The number of carbonyl (C=O) groups excluding carboxylic acids is 1. The van der Waals surface area contributed by atoms with E-state index in [1.54, 1.807) is 0 Å². The number of hydrogen-bond donors (Lipinski definition) is 2. The van der Waals surface area contributed by atoms with Crippen LogP contribution >= 0.6 is 0 Å². The third-order valence-electron chi connectivity index (χ3n) is 1.24. The second-order valence-corrected chi connectivity index (χ2v) is 1.92. The van der Waals surface area contributed by atoms with E-state index < -0.39 is 0 Å². The third-order valence-corrected chi connectivity index (χ3v) is 1.24. The summed E-state index contributed by atoms with van der Waals surface area (Å²) in [7, 11) is 0. The van der Waals surface area contributed by atoms with E-state index in [4.69, 9.17) is 0 Å². The van der Waals surface area contributed by atoms with Gasteiger partial charge >= 0.3 is 0 Å². The van der Waals surface area contributed by atoms with Crippen LogP contribution in [0.25, 0.3) is 0 Å². The van der Waals surface area contributed by atoms with Gasteiger partial charge in [0.1, 0.15) is 0 Å². The van der Waals surface area contributed by atoms with E-state index >= 15 is 0 Å². The Bertz CT molecular complexity index is 90.2. The van der Waals surface area contributed by atoms with Gasteiger partial charge in [-0.3, -0.25) is 10.1 Å². The molecule has 1 amide bonds. The minimum Gasteiger partial charge on any atom is -0.342 e. The first kappa shape index (κ1) is 6.51. The van der Waals surface area contributed by atoms with Crippen molar-refractivity contribution >= 4 is 6.41 Å². The number of hydrogen-bond acceptors (Lipinski definition) is 2. The van der Waals surface area contributed by atoms with Crippen molar-refractivity contribution in [1.82, 2.24) is 16.0 Å². The maximum absolute atomic E-state index is 9.88. The van der Waals surface area contributed by atoms with Crippen LogP contribution in [0.4, 0.5) is 0 Å². The largest absolute Gasteiger partial charge is 0.342 e. The van der Waals surface area contributed by atoms with E-state index in [0.29, 0.717) is 13.0 Å². The zero-order valence-corrected chi connectivity index (χ0v) is 5.13. The van der Waals surface area contributed by atoms with Crippen LogP contribution in [-0.2, 0) is 4.79 Å². The maximum atomic E-state index is 9.88. The summed E-state index contributed by atoms with van der Waals surface area (Å²) in [6, 6.07) is 0. The van der Waals surface area contributed by atoms with Crippen LogP contribution in [0.5, 0.6) is 0 Å². The number of carbonyl (C=O) groups is 1. The number of nitrogens with one attached hydrogen (secondary N) is 2. The lowest BCUT2D eigenvalue weighted by Gasteiger charge is -2.21. The van der Waals surface area contributed by atoms with Crippen molar-refractivity contribution in [3.63, 3.8) is 0 Å². The van der Waals surface area contributed by atoms with Gasteiger partial charge in [-0.05, 0) is 0 Å². The van der Waals surface area contributed by atoms with Gasteiger partial charge in [0.25, 0.3) is 0 Å². The Labute approximate surface area is 54.0 Å². The lowest BCUT2D eigenvalue weighted by Crippen LogP contribution is -2.52. The van der Waals surface area contributed by atoms with Crippen LogP contribution in [0.3, 0.4) is 0 Å². The van der Waals surface area contributed by atoms with Gasteiger partial charge in [0.2, 0.25) is 6.41 Å². The van der Waals surface area contributed by atoms with E-state index in [9.17, 15) is 4.79 Å². The molecule has 0 bridgehead atoms. The van der Waals surface area contributed by atoms with Crippen LogP contribution < -0.4 is 16.0 Å². The van der Waals surface area contributed by atoms with Gasteiger partial charge in [-0.15, -0.1) is 0 Å². The van der Waals surface area contributed by atoms with Gasteiger partial charge in [0.15, 0.2) is 0 Å². The minimum atomic E-state index is 0.0660. The molecule has 1 fully saturated rings. The molecule has 0 aromatic carbocycles. The van der Waals surface area contributed by atoms with Gasteiger partial charge in [-0.1, -0.05) is 0 Å². The summed E-state index contributed by atoms with van der Waals surface area (Å²) in [6.07, 6.45) is 0.759. The highest BCUT2D eigenvalue weighted by Crippen LogP contribution is 1.80. The molecule has 2 N–H and O–H groups in total. The highest BCUT2D eigenvalue weighted by atomic mass is 16.1. The lowest BCUT2D eigenvalue weighted by molar-refractivity contribution is -0.110. The monoisotopic (exact) mass is 128 g/mol. The smallest absolute Gasteiger partial charge is 0.208 e. The second kappa shape index (κ2) is 3.42. The molecule has 1 atom stereocenters. The summed E-state index contributed by atoms with van der Waals surface area (Å²) in [6.45, 7) is 2.42. The van der Waals surface area contributed by atoms with Gasteiger partial charge in [0.05, 0.1) is 6.17 Å². The van der Waals surface area contributed by atoms with Crippen molar-refractivity contribution in [2.75, 3.05) is 19.6 Å². The minimum absolute atomic E-state index is 0.0660. The third kappa shape index (κ3) is 1.99. The fourth-order valence-corrected chi connectivity index (χ4v) is 0.797. The zero-order chi connectivity index (χ0) is 6.53. The Hall–Kier alpha value is -0.610. The van der Waals surface area contributed by atoms with Gasteiger partial charge in [-0.25, -0.2) is 5.32 Å². The molecule has 0 aromatic rings. The van der Waals surface area contributed by atoms with Crippen molar-refractivity contribution in [2.45, 2.75) is 6.17 Å². The molecule has 1 aliphatic heterocycles. The van der Waals surface area contributed by atoms with Crippen LogP contribution in [0.2, 0.25) is 0 Å². The highest BCUT2D eigenvalue weighted by molar-refractivity contribution is 5.46. The Balaban J connectivity index is 2.15. The molecule has 0 aromatic heterocycles. The molecule has 51 valence electrons. The average Bonchev–Trinajstić information content (AvgIpc) is 1.91. The molecule has 4 heteroatoms. The van der Waals surface area contributed by atoms with Gasteiger partial charge in [-0.2, -0.15) is 0 Å². The normalized spacial score (nSPS) is 27.3. The molecule has 1 rings (SSSR count). The van der Waals surface area contributed by atoms with E-state index in [2.05, 4.69) is 16.0 Å². The van der Waals surface area contributed by atoms with Crippen molar-refractivity contribution in [2.24, 2.45) is 0 Å². The predicted octanol–water partition coefficient (Wildman–Crippen LogP) is -1.73. The maximum Gasteiger partial charge on any atom is 0.208 e. The Morgan fingerprint density at radius 1 is 1.78 bits per heavy atom. The molecule has 1 unspecified atom stereocenters. The summed E-state index contributed by atoms with van der Waals surface area (Å²) >= 11 is 0. The van der Waals surface area contributed by atoms with Crippen LogP contribution in [0, 0.1) is 0 Å². The first-order chi connectivity index (χ1) is 4.43. The number of nitrogens with zero attached hydrogens (tertiary/aromatic N) is 1. The number of rotatable bonds is 2. The average molecular weight is 128 g/mol. The predicted molar refractivity (Wildman–Crippen MR) is 32.9 cm³/mol. The second-order valence-electron chi connectivity index (χ2n) is 1.92.